The largest absolute Gasteiger partial charge is 0.480 e. The molecule has 1 aliphatic heterocycles. The van der Waals surface area contributed by atoms with E-state index >= 15 is 0 Å². The molecule has 3 atom stereocenters. The van der Waals surface area contributed by atoms with E-state index in [0.29, 0.717) is 25.3 Å². The van der Waals surface area contributed by atoms with Gasteiger partial charge in [-0.1, -0.05) is 6.92 Å². The Kier molecular flexibility index (Phi) is 5.95. The van der Waals surface area contributed by atoms with Crippen molar-refractivity contribution in [2.75, 3.05) is 18.6 Å². The molecule has 1 heterocycles. The second-order valence-corrected chi connectivity index (χ2v) is 5.89. The molecule has 1 rings (SSSR count). The summed E-state index contributed by atoms with van der Waals surface area (Å²) in [5.41, 5.74) is 5.83. The van der Waals surface area contributed by atoms with Gasteiger partial charge in [0.05, 0.1) is 6.04 Å². The number of carboxylic acids is 1. The summed E-state index contributed by atoms with van der Waals surface area (Å²) in [5.74, 6) is 0.0161. The van der Waals surface area contributed by atoms with Gasteiger partial charge in [0.2, 0.25) is 5.91 Å². The van der Waals surface area contributed by atoms with Gasteiger partial charge in [-0.25, -0.2) is 4.79 Å². The molecule has 0 spiro atoms. The highest BCUT2D eigenvalue weighted by Gasteiger charge is 2.36. The number of aliphatic carboxylic acids is 1. The molecule has 3 N–H and O–H groups in total. The number of likely N-dealkylation sites (tertiary alicyclic amines) is 1. The number of rotatable bonds is 5. The van der Waals surface area contributed by atoms with Crippen molar-refractivity contribution in [1.29, 1.82) is 0 Å². The summed E-state index contributed by atoms with van der Waals surface area (Å²) in [7, 11) is 0. The first-order chi connectivity index (χ1) is 8.47. The molecular weight excluding hydrogens is 252 g/mol. The van der Waals surface area contributed by atoms with E-state index in [-0.39, 0.29) is 5.91 Å². The molecule has 2 unspecified atom stereocenters. The fourth-order valence-electron chi connectivity index (χ4n) is 2.22. The summed E-state index contributed by atoms with van der Waals surface area (Å²) in [6.45, 7) is 2.52. The fraction of sp³-hybridized carbons (Fsp3) is 0.833. The Morgan fingerprint density at radius 1 is 1.56 bits per heavy atom. The van der Waals surface area contributed by atoms with Crippen LogP contribution in [0.2, 0.25) is 0 Å². The lowest BCUT2D eigenvalue weighted by molar-refractivity contribution is -0.153. The highest BCUT2D eigenvalue weighted by Crippen LogP contribution is 2.23. The van der Waals surface area contributed by atoms with Crippen molar-refractivity contribution in [2.24, 2.45) is 11.7 Å². The van der Waals surface area contributed by atoms with Crippen molar-refractivity contribution < 1.29 is 14.7 Å². The number of nitrogens with two attached hydrogens (primary N) is 1. The number of nitrogens with zero attached hydrogens (tertiary/aromatic N) is 1. The maximum atomic E-state index is 12.2. The second kappa shape index (κ2) is 6.99. The molecule has 0 aromatic carbocycles. The number of hydrogen-bond acceptors (Lipinski definition) is 4. The summed E-state index contributed by atoms with van der Waals surface area (Å²) in [4.78, 5) is 24.8. The zero-order valence-corrected chi connectivity index (χ0v) is 11.8. The van der Waals surface area contributed by atoms with Crippen molar-refractivity contribution in [2.45, 2.75) is 38.3 Å². The van der Waals surface area contributed by atoms with Crippen LogP contribution in [0.3, 0.4) is 0 Å². The maximum Gasteiger partial charge on any atom is 0.326 e. The zero-order valence-electron chi connectivity index (χ0n) is 11.0. The number of piperidine rings is 1. The third kappa shape index (κ3) is 3.88. The topological polar surface area (TPSA) is 83.6 Å². The molecule has 1 fully saturated rings. The monoisotopic (exact) mass is 274 g/mol. The van der Waals surface area contributed by atoms with Crippen molar-refractivity contribution in [3.05, 3.63) is 0 Å². The van der Waals surface area contributed by atoms with Gasteiger partial charge < -0.3 is 15.7 Å². The van der Waals surface area contributed by atoms with E-state index in [2.05, 4.69) is 0 Å². The van der Waals surface area contributed by atoms with Gasteiger partial charge in [0.15, 0.2) is 0 Å². The van der Waals surface area contributed by atoms with E-state index in [9.17, 15) is 14.7 Å². The molecule has 1 saturated heterocycles. The van der Waals surface area contributed by atoms with Crippen LogP contribution in [0.4, 0.5) is 0 Å². The van der Waals surface area contributed by atoms with Gasteiger partial charge in [0.1, 0.15) is 6.04 Å². The number of carbonyl (C=O) groups excluding carboxylic acids is 1. The predicted molar refractivity (Wildman–Crippen MR) is 72.5 cm³/mol. The molecule has 0 aromatic rings. The van der Waals surface area contributed by atoms with Gasteiger partial charge >= 0.3 is 5.97 Å². The minimum absolute atomic E-state index is 0.219. The van der Waals surface area contributed by atoms with E-state index in [1.54, 1.807) is 11.8 Å². The molecular formula is C12H22N2O3S. The SMILES string of the molecule is CSCC[C@H](N)C(=O)N1CCC(C)CC1C(=O)O. The van der Waals surface area contributed by atoms with Crippen molar-refractivity contribution in [3.8, 4) is 0 Å². The molecule has 6 heteroatoms. The van der Waals surface area contributed by atoms with E-state index < -0.39 is 18.1 Å². The van der Waals surface area contributed by atoms with E-state index in [0.717, 1.165) is 12.2 Å². The van der Waals surface area contributed by atoms with Crippen LogP contribution < -0.4 is 5.73 Å². The Bertz CT molecular complexity index is 312. The van der Waals surface area contributed by atoms with Crippen molar-refractivity contribution in [1.82, 2.24) is 4.90 Å². The quantitative estimate of drug-likeness (QED) is 0.774. The smallest absolute Gasteiger partial charge is 0.326 e. The van der Waals surface area contributed by atoms with Crippen LogP contribution >= 0.6 is 11.8 Å². The minimum atomic E-state index is -0.924. The van der Waals surface area contributed by atoms with Crippen molar-refractivity contribution >= 4 is 23.6 Å². The van der Waals surface area contributed by atoms with E-state index in [1.165, 1.54) is 4.90 Å². The molecule has 18 heavy (non-hydrogen) atoms. The normalized spacial score (nSPS) is 25.8. The van der Waals surface area contributed by atoms with E-state index in [4.69, 9.17) is 5.73 Å². The number of amides is 1. The minimum Gasteiger partial charge on any atom is -0.480 e. The van der Waals surface area contributed by atoms with Gasteiger partial charge in [-0.05, 0) is 37.2 Å². The Labute approximate surface area is 112 Å². The Hall–Kier alpha value is -0.750. The third-order valence-electron chi connectivity index (χ3n) is 3.38. The lowest BCUT2D eigenvalue weighted by Crippen LogP contribution is -2.54. The number of thioether (sulfide) groups is 1. The second-order valence-electron chi connectivity index (χ2n) is 4.90. The average molecular weight is 274 g/mol. The van der Waals surface area contributed by atoms with Crippen LogP contribution in [0.15, 0.2) is 0 Å². The van der Waals surface area contributed by atoms with Crippen LogP contribution in [0.1, 0.15) is 26.2 Å². The molecule has 104 valence electrons. The Morgan fingerprint density at radius 3 is 2.78 bits per heavy atom. The van der Waals surface area contributed by atoms with Gasteiger partial charge in [0.25, 0.3) is 0 Å². The van der Waals surface area contributed by atoms with Gasteiger partial charge in [0, 0.05) is 6.54 Å². The van der Waals surface area contributed by atoms with Crippen LogP contribution in [-0.2, 0) is 9.59 Å². The van der Waals surface area contributed by atoms with Gasteiger partial charge in [-0.3, -0.25) is 4.79 Å². The lowest BCUT2D eigenvalue weighted by atomic mass is 9.92. The molecule has 1 aliphatic rings. The summed E-state index contributed by atoms with van der Waals surface area (Å²) >= 11 is 1.63. The predicted octanol–water partition coefficient (Wildman–Crippen LogP) is 0.778. The first-order valence-corrected chi connectivity index (χ1v) is 7.64. The summed E-state index contributed by atoms with van der Waals surface area (Å²) in [6, 6.07) is -1.28. The fourth-order valence-corrected chi connectivity index (χ4v) is 2.71. The average Bonchev–Trinajstić information content (AvgIpc) is 2.34. The van der Waals surface area contributed by atoms with Crippen LogP contribution in [-0.4, -0.2) is 52.5 Å². The van der Waals surface area contributed by atoms with Crippen LogP contribution in [0.5, 0.6) is 0 Å². The van der Waals surface area contributed by atoms with Gasteiger partial charge in [-0.2, -0.15) is 11.8 Å². The Balaban J connectivity index is 2.66. The number of carboxylic acid groups (broad SMARTS) is 1. The first kappa shape index (κ1) is 15.3. The van der Waals surface area contributed by atoms with Crippen LogP contribution in [0, 0.1) is 5.92 Å². The number of carbonyl (C=O) groups is 2. The Morgan fingerprint density at radius 2 is 2.22 bits per heavy atom. The molecule has 0 aliphatic carbocycles. The third-order valence-corrected chi connectivity index (χ3v) is 4.03. The summed E-state index contributed by atoms with van der Waals surface area (Å²) < 4.78 is 0. The van der Waals surface area contributed by atoms with Crippen molar-refractivity contribution in [3.63, 3.8) is 0 Å². The maximum absolute atomic E-state index is 12.2. The van der Waals surface area contributed by atoms with E-state index in [1.807, 2.05) is 13.2 Å². The summed E-state index contributed by atoms with van der Waals surface area (Å²) in [6.07, 6.45) is 3.93. The lowest BCUT2D eigenvalue weighted by Gasteiger charge is -2.37. The molecule has 5 nitrogen and oxygen atoms in total. The highest BCUT2D eigenvalue weighted by atomic mass is 32.2. The first-order valence-electron chi connectivity index (χ1n) is 6.25. The summed E-state index contributed by atoms with van der Waals surface area (Å²) in [5, 5.41) is 9.19. The molecule has 0 saturated carbocycles. The van der Waals surface area contributed by atoms with Gasteiger partial charge in [-0.15, -0.1) is 0 Å². The molecule has 0 radical (unpaired) electrons. The number of hydrogen-bond donors (Lipinski definition) is 2. The molecule has 1 amide bonds. The van der Waals surface area contributed by atoms with Crippen LogP contribution in [0.25, 0.3) is 0 Å². The standard InChI is InChI=1S/C12H22N2O3S/c1-8-3-5-14(10(7-8)12(16)17)11(15)9(13)4-6-18-2/h8-10H,3-7,13H2,1-2H3,(H,16,17)/t8?,9-,10?/m0/s1. The highest BCUT2D eigenvalue weighted by molar-refractivity contribution is 7.98. The molecule has 0 bridgehead atoms. The zero-order chi connectivity index (χ0) is 13.7. The molecule has 0 aromatic heterocycles.